The first-order valence-corrected chi connectivity index (χ1v) is 30.1. The van der Waals surface area contributed by atoms with Crippen molar-refractivity contribution in [2.24, 2.45) is 0 Å². The summed E-state index contributed by atoms with van der Waals surface area (Å²) in [6.45, 7) is -6.57. The standard InChI is InChI=1S/C52H90O41/c1-2-3-4-78-45-38(77)42(91-48-35(74)28(67)23(62)15(7-55)82-48)41(90-52-44(30(69)25(64)17(9-57)84-52)93-50-37(76)32(71)40(19(11-59)86-50)89-47-34(73)27(66)22(61)14(6-54)81-47)20(87-45)12-79-51-43(29(68)24(63)16(8-56)83-51)92-49-36(75)31(70)39(18(10-58)85-49)88-46-33(72)26(65)21(60)13(5-53)80-46/h13-77H,2-12H2,1H3/t13?,14?,15?,16?,17?,18?,19?,20?,21-,22-,23+,24+,25+,26-,27-,28-,29-,30-,31+,32+,33?,34?,35?,36?,37?,38?,39+,40+,41+,42+,43?,44?,45-,46-,47-,48-,49-,50-,51+,52-/m0/s1. The summed E-state index contributed by atoms with van der Waals surface area (Å²) in [5.41, 5.74) is 0. The molecule has 41 nitrogen and oxygen atoms in total. The number of hydrogen-bond acceptors (Lipinski definition) is 41. The Balaban J connectivity index is 1.11. The quantitative estimate of drug-likeness (QED) is 0.0358. The van der Waals surface area contributed by atoms with Gasteiger partial charge >= 0.3 is 0 Å². The summed E-state index contributed by atoms with van der Waals surface area (Å²) in [4.78, 5) is 0. The highest BCUT2D eigenvalue weighted by molar-refractivity contribution is 5.02. The molecule has 0 bridgehead atoms. The average molecular weight is 1370 g/mol. The summed E-state index contributed by atoms with van der Waals surface area (Å²) in [6.07, 6.45) is -80.1. The van der Waals surface area contributed by atoms with Crippen LogP contribution in [0.1, 0.15) is 19.8 Å². The summed E-state index contributed by atoms with van der Waals surface area (Å²) < 4.78 is 93.7. The van der Waals surface area contributed by atoms with Crippen LogP contribution in [0.3, 0.4) is 0 Å². The maximum atomic E-state index is 12.2. The molecule has 40 atom stereocenters. The number of ether oxygens (including phenoxy) is 16. The molecule has 544 valence electrons. The Morgan fingerprint density at radius 3 is 0.860 bits per heavy atom. The Morgan fingerprint density at radius 2 is 0.495 bits per heavy atom. The van der Waals surface area contributed by atoms with Gasteiger partial charge in [-0.25, -0.2) is 0 Å². The monoisotopic (exact) mass is 1370 g/mol. The first kappa shape index (κ1) is 77.1. The first-order chi connectivity index (χ1) is 44.2. The van der Waals surface area contributed by atoms with Gasteiger partial charge < -0.3 is 203 Å². The fourth-order valence-corrected chi connectivity index (χ4v) is 11.8. The molecule has 0 radical (unpaired) electrons. The van der Waals surface area contributed by atoms with Gasteiger partial charge in [-0.05, 0) is 6.42 Å². The lowest BCUT2D eigenvalue weighted by Gasteiger charge is -2.51. The van der Waals surface area contributed by atoms with Crippen molar-refractivity contribution >= 4 is 0 Å². The molecule has 8 heterocycles. The molecule has 0 aromatic carbocycles. The second-order valence-electron chi connectivity index (χ2n) is 23.6. The topological polar surface area (TPSA) is 653 Å². The maximum Gasteiger partial charge on any atom is 0.187 e. The third-order valence-electron chi connectivity index (χ3n) is 17.4. The van der Waals surface area contributed by atoms with Crippen molar-refractivity contribution in [3.63, 3.8) is 0 Å². The lowest BCUT2D eigenvalue weighted by atomic mass is 9.95. The Hall–Kier alpha value is -1.64. The number of aliphatic hydroxyl groups excluding tert-OH is 25. The van der Waals surface area contributed by atoms with Crippen molar-refractivity contribution < 1.29 is 203 Å². The summed E-state index contributed by atoms with van der Waals surface area (Å²) in [5, 5.41) is 271. The zero-order chi connectivity index (χ0) is 68.2. The molecule has 41 heteroatoms. The van der Waals surface area contributed by atoms with E-state index in [0.29, 0.717) is 12.8 Å². The van der Waals surface area contributed by atoms with E-state index in [0.717, 1.165) is 0 Å². The van der Waals surface area contributed by atoms with E-state index in [9.17, 15) is 128 Å². The summed E-state index contributed by atoms with van der Waals surface area (Å²) in [7, 11) is 0. The van der Waals surface area contributed by atoms with Crippen molar-refractivity contribution in [2.75, 3.05) is 59.5 Å². The summed E-state index contributed by atoms with van der Waals surface area (Å²) in [6, 6.07) is 0. The van der Waals surface area contributed by atoms with Crippen LogP contribution in [0.2, 0.25) is 0 Å². The van der Waals surface area contributed by atoms with Crippen LogP contribution in [0.5, 0.6) is 0 Å². The van der Waals surface area contributed by atoms with Crippen molar-refractivity contribution in [3.8, 4) is 0 Å². The van der Waals surface area contributed by atoms with Crippen LogP contribution in [-0.2, 0) is 75.8 Å². The van der Waals surface area contributed by atoms with Gasteiger partial charge in [0.2, 0.25) is 0 Å². The highest BCUT2D eigenvalue weighted by atomic mass is 16.8. The van der Waals surface area contributed by atoms with E-state index >= 15 is 0 Å². The average Bonchev–Trinajstić information content (AvgIpc) is 0.781. The van der Waals surface area contributed by atoms with Gasteiger partial charge in [-0.3, -0.25) is 0 Å². The third kappa shape index (κ3) is 16.6. The van der Waals surface area contributed by atoms with Gasteiger partial charge in [0.15, 0.2) is 50.3 Å². The third-order valence-corrected chi connectivity index (χ3v) is 17.4. The van der Waals surface area contributed by atoms with Gasteiger partial charge in [0, 0.05) is 6.61 Å². The van der Waals surface area contributed by atoms with Crippen LogP contribution >= 0.6 is 0 Å². The second kappa shape index (κ2) is 34.1. The smallest absolute Gasteiger partial charge is 0.187 e. The fourth-order valence-electron chi connectivity index (χ4n) is 11.8. The van der Waals surface area contributed by atoms with E-state index < -0.39 is 299 Å². The minimum absolute atomic E-state index is 0.171. The van der Waals surface area contributed by atoms with Crippen LogP contribution in [-0.4, -0.2) is 433 Å². The van der Waals surface area contributed by atoms with E-state index in [4.69, 9.17) is 75.8 Å². The van der Waals surface area contributed by atoms with E-state index in [1.165, 1.54) is 0 Å². The zero-order valence-electron chi connectivity index (χ0n) is 49.6. The largest absolute Gasteiger partial charge is 0.394 e. The van der Waals surface area contributed by atoms with Crippen molar-refractivity contribution in [2.45, 2.75) is 265 Å². The number of rotatable bonds is 26. The molecule has 8 saturated heterocycles. The maximum absolute atomic E-state index is 12.2. The predicted molar refractivity (Wildman–Crippen MR) is 283 cm³/mol. The molecule has 0 aromatic heterocycles. The van der Waals surface area contributed by atoms with Crippen LogP contribution in [0.25, 0.3) is 0 Å². The fraction of sp³-hybridized carbons (Fsp3) is 1.00. The lowest BCUT2D eigenvalue weighted by molar-refractivity contribution is -0.409. The van der Waals surface area contributed by atoms with Crippen molar-refractivity contribution in [1.29, 1.82) is 0 Å². The van der Waals surface area contributed by atoms with Gasteiger partial charge in [-0.1, -0.05) is 13.3 Å². The molecule has 16 unspecified atom stereocenters. The molecule has 0 spiro atoms. The molecule has 0 aromatic rings. The van der Waals surface area contributed by atoms with E-state index in [2.05, 4.69) is 0 Å². The second-order valence-corrected chi connectivity index (χ2v) is 23.6. The minimum atomic E-state index is -2.33. The Morgan fingerprint density at radius 1 is 0.226 bits per heavy atom. The molecule has 8 fully saturated rings. The molecule has 25 N–H and O–H groups in total. The molecule has 0 amide bonds. The van der Waals surface area contributed by atoms with Crippen LogP contribution in [0.4, 0.5) is 0 Å². The van der Waals surface area contributed by atoms with E-state index in [1.54, 1.807) is 6.92 Å². The van der Waals surface area contributed by atoms with Crippen LogP contribution < -0.4 is 0 Å². The van der Waals surface area contributed by atoms with Crippen molar-refractivity contribution in [3.05, 3.63) is 0 Å². The van der Waals surface area contributed by atoms with Gasteiger partial charge in [0.05, 0.1) is 52.9 Å². The van der Waals surface area contributed by atoms with E-state index in [1.807, 2.05) is 0 Å². The normalized spacial score (nSPS) is 51.8. The summed E-state index contributed by atoms with van der Waals surface area (Å²) in [5.74, 6) is 0. The Kier molecular flexibility index (Phi) is 28.3. The zero-order valence-corrected chi connectivity index (χ0v) is 49.6. The summed E-state index contributed by atoms with van der Waals surface area (Å²) >= 11 is 0. The molecule has 0 aliphatic carbocycles. The number of hydrogen-bond donors (Lipinski definition) is 25. The molecule has 8 rings (SSSR count). The van der Waals surface area contributed by atoms with Gasteiger partial charge in [0.1, 0.15) is 195 Å². The molecule has 93 heavy (non-hydrogen) atoms. The molecule has 8 aliphatic rings. The van der Waals surface area contributed by atoms with Gasteiger partial charge in [-0.15, -0.1) is 0 Å². The molecular weight excluding hydrogens is 1280 g/mol. The highest BCUT2D eigenvalue weighted by Gasteiger charge is 2.60. The number of aliphatic hydroxyl groups is 25. The SMILES string of the molecule is CCCCO[C@H]1OC(CO[C@@H]2OC(CO)[C@@H](O)[C@H](O)C2O[C@@H]2OC(CO)[C@@H](O[C@@H]3OC(CO)[C@H](O)[C@H](O)C3O)[C@H](O)C2O)[C@@H](O[C@@H]2OC(CO)[C@@H](O)[C@H](O)C2O[C@@H]2OC(CO)[C@@H](O[C@@H]3OC(CO)[C@H](O)[C@H](O)C3O)[C@H](O)C2O)[C@H](O[C@@H]2OC(CO)[C@@H](O)[C@H](O)C2O)C1O. The van der Waals surface area contributed by atoms with E-state index in [-0.39, 0.29) is 6.61 Å². The van der Waals surface area contributed by atoms with Crippen LogP contribution in [0, 0.1) is 0 Å². The minimum Gasteiger partial charge on any atom is -0.394 e. The van der Waals surface area contributed by atoms with Gasteiger partial charge in [0.25, 0.3) is 0 Å². The van der Waals surface area contributed by atoms with Crippen LogP contribution in [0.15, 0.2) is 0 Å². The van der Waals surface area contributed by atoms with Gasteiger partial charge in [-0.2, -0.15) is 0 Å². The molecule has 0 saturated carbocycles. The molecular formula is C52H90O41. The van der Waals surface area contributed by atoms with Crippen molar-refractivity contribution in [1.82, 2.24) is 0 Å². The Labute approximate surface area is 527 Å². The lowest BCUT2D eigenvalue weighted by Crippen LogP contribution is -2.69. The number of unbranched alkanes of at least 4 members (excludes halogenated alkanes) is 1. The Bertz CT molecular complexity index is 2200. The highest BCUT2D eigenvalue weighted by Crippen LogP contribution is 2.39. The molecule has 8 aliphatic heterocycles. The predicted octanol–water partition coefficient (Wildman–Crippen LogP) is -16.6. The first-order valence-electron chi connectivity index (χ1n) is 30.1.